The Bertz CT molecular complexity index is 414. The molecule has 0 aliphatic heterocycles. The second-order valence-corrected chi connectivity index (χ2v) is 6.17. The summed E-state index contributed by atoms with van der Waals surface area (Å²) in [6, 6.07) is 5.47. The van der Waals surface area contributed by atoms with Gasteiger partial charge in [-0.2, -0.15) is 0 Å². The Labute approximate surface area is 126 Å². The van der Waals surface area contributed by atoms with Crippen LogP contribution in [0.2, 0.25) is 5.02 Å². The molecule has 1 aromatic rings. The largest absolute Gasteiger partial charge is 0.486 e. The first-order valence-corrected chi connectivity index (χ1v) is 7.60. The van der Waals surface area contributed by atoms with Crippen LogP contribution < -0.4 is 4.74 Å². The average Bonchev–Trinajstić information content (AvgIpc) is 2.32. The number of hydrogen-bond acceptors (Lipinski definition) is 2. The first-order valence-electron chi connectivity index (χ1n) is 5.99. The molecule has 2 rings (SSSR count). The van der Waals surface area contributed by atoms with Crippen molar-refractivity contribution in [2.24, 2.45) is 0 Å². The molecule has 0 spiro atoms. The predicted octanol–water partition coefficient (Wildman–Crippen LogP) is 4.66. The van der Waals surface area contributed by atoms with E-state index in [1.54, 1.807) is 6.07 Å². The van der Waals surface area contributed by atoms with Crippen molar-refractivity contribution in [3.63, 3.8) is 0 Å². The van der Waals surface area contributed by atoms with E-state index >= 15 is 0 Å². The summed E-state index contributed by atoms with van der Waals surface area (Å²) in [5.41, 5.74) is 0. The molecule has 0 bridgehead atoms. The summed E-state index contributed by atoms with van der Waals surface area (Å²) in [5, 5.41) is 0.726. The van der Waals surface area contributed by atoms with Gasteiger partial charge in [-0.1, -0.05) is 18.5 Å². The zero-order chi connectivity index (χ0) is 13.1. The predicted molar refractivity (Wildman–Crippen MR) is 77.9 cm³/mol. The van der Waals surface area contributed by atoms with Gasteiger partial charge < -0.3 is 9.47 Å². The summed E-state index contributed by atoms with van der Waals surface area (Å²) < 4.78 is 12.4. The minimum atomic E-state index is -0.0193. The van der Waals surface area contributed by atoms with Crippen LogP contribution in [0.4, 0.5) is 0 Å². The lowest BCUT2D eigenvalue weighted by Gasteiger charge is -2.40. The van der Waals surface area contributed by atoms with Gasteiger partial charge in [0.1, 0.15) is 18.0 Å². The normalized spacial score (nSPS) is 26.8. The smallest absolute Gasteiger partial charge is 0.134 e. The van der Waals surface area contributed by atoms with Crippen molar-refractivity contribution >= 4 is 39.1 Å². The summed E-state index contributed by atoms with van der Waals surface area (Å²) in [6.45, 7) is 2.79. The number of benzene rings is 1. The van der Waals surface area contributed by atoms with E-state index in [0.717, 1.165) is 29.7 Å². The van der Waals surface area contributed by atoms with Crippen LogP contribution in [0.15, 0.2) is 22.7 Å². The molecule has 0 heterocycles. The van der Waals surface area contributed by atoms with E-state index in [1.165, 1.54) is 0 Å². The van der Waals surface area contributed by atoms with Gasteiger partial charge in [0.15, 0.2) is 0 Å². The molecule has 1 aliphatic rings. The second-order valence-electron chi connectivity index (χ2n) is 4.32. The highest BCUT2D eigenvalue weighted by Gasteiger charge is 2.42. The summed E-state index contributed by atoms with van der Waals surface area (Å²) in [4.78, 5) is 0. The maximum atomic E-state index is 6.14. The molecule has 0 N–H and O–H groups in total. The number of alkyl halides is 1. The van der Waals surface area contributed by atoms with Gasteiger partial charge in [0.25, 0.3) is 0 Å². The fourth-order valence-electron chi connectivity index (χ4n) is 1.84. The van der Waals surface area contributed by atoms with E-state index in [2.05, 4.69) is 22.9 Å². The Morgan fingerprint density at radius 1 is 1.44 bits per heavy atom. The molecule has 18 heavy (non-hydrogen) atoms. The van der Waals surface area contributed by atoms with E-state index in [4.69, 9.17) is 32.7 Å². The van der Waals surface area contributed by atoms with Gasteiger partial charge in [0, 0.05) is 18.1 Å². The van der Waals surface area contributed by atoms with E-state index in [0.29, 0.717) is 5.02 Å². The molecule has 3 atom stereocenters. The van der Waals surface area contributed by atoms with Gasteiger partial charge in [-0.15, -0.1) is 11.6 Å². The number of hydrogen-bond donors (Lipinski definition) is 0. The maximum Gasteiger partial charge on any atom is 0.134 e. The fourth-order valence-corrected chi connectivity index (χ4v) is 3.03. The first-order chi connectivity index (χ1) is 8.61. The van der Waals surface area contributed by atoms with Crippen LogP contribution in [-0.4, -0.2) is 24.2 Å². The first kappa shape index (κ1) is 14.4. The standard InChI is InChI=1S/C13H15BrCl2O2/c1-2-5-17-13-10(16)7-12(13)18-11-4-3-8(15)6-9(11)14/h3-4,6,10,12-13H,2,5,7H2,1H3. The highest BCUT2D eigenvalue weighted by Crippen LogP contribution is 2.36. The van der Waals surface area contributed by atoms with E-state index in [1.807, 2.05) is 12.1 Å². The summed E-state index contributed by atoms with van der Waals surface area (Å²) in [7, 11) is 0. The Kier molecular flexibility index (Phi) is 5.19. The monoisotopic (exact) mass is 352 g/mol. The summed E-state index contributed by atoms with van der Waals surface area (Å²) in [5.74, 6) is 0.776. The minimum absolute atomic E-state index is 0.0193. The third kappa shape index (κ3) is 3.32. The van der Waals surface area contributed by atoms with Crippen molar-refractivity contribution in [3.8, 4) is 5.75 Å². The molecule has 0 aromatic heterocycles. The zero-order valence-electron chi connectivity index (χ0n) is 10.0. The van der Waals surface area contributed by atoms with Gasteiger partial charge in [-0.3, -0.25) is 0 Å². The quantitative estimate of drug-likeness (QED) is 0.717. The summed E-state index contributed by atoms with van der Waals surface area (Å²) >= 11 is 15.5. The van der Waals surface area contributed by atoms with Gasteiger partial charge in [-0.05, 0) is 40.5 Å². The van der Waals surface area contributed by atoms with Crippen molar-refractivity contribution in [1.29, 1.82) is 0 Å². The molecule has 0 saturated heterocycles. The lowest BCUT2D eigenvalue weighted by molar-refractivity contribution is -0.0800. The van der Waals surface area contributed by atoms with Crippen LogP contribution >= 0.6 is 39.1 Å². The second kappa shape index (κ2) is 6.47. The SMILES string of the molecule is CCCOC1C(Cl)CC1Oc1ccc(Cl)cc1Br. The van der Waals surface area contributed by atoms with E-state index in [9.17, 15) is 0 Å². The third-order valence-corrected chi connectivity index (χ3v) is 4.15. The van der Waals surface area contributed by atoms with Crippen LogP contribution in [0.1, 0.15) is 19.8 Å². The molecule has 1 aliphatic carbocycles. The average molecular weight is 354 g/mol. The van der Waals surface area contributed by atoms with Crippen LogP contribution in [-0.2, 0) is 4.74 Å². The highest BCUT2D eigenvalue weighted by atomic mass is 79.9. The highest BCUT2D eigenvalue weighted by molar-refractivity contribution is 9.10. The Morgan fingerprint density at radius 2 is 2.22 bits per heavy atom. The number of halogens is 3. The molecule has 5 heteroatoms. The molecule has 100 valence electrons. The van der Waals surface area contributed by atoms with Gasteiger partial charge in [-0.25, -0.2) is 0 Å². The minimum Gasteiger partial charge on any atom is -0.486 e. The molecule has 1 saturated carbocycles. The molecule has 1 fully saturated rings. The molecule has 0 amide bonds. The molecular formula is C13H15BrCl2O2. The molecular weight excluding hydrogens is 339 g/mol. The van der Waals surface area contributed by atoms with Crippen molar-refractivity contribution in [2.75, 3.05) is 6.61 Å². The zero-order valence-corrected chi connectivity index (χ0v) is 13.1. The lowest BCUT2D eigenvalue weighted by atomic mass is 9.91. The van der Waals surface area contributed by atoms with Gasteiger partial charge >= 0.3 is 0 Å². The van der Waals surface area contributed by atoms with Crippen LogP contribution in [0.5, 0.6) is 5.75 Å². The Morgan fingerprint density at radius 3 is 2.83 bits per heavy atom. The van der Waals surface area contributed by atoms with Crippen LogP contribution in [0.25, 0.3) is 0 Å². The van der Waals surface area contributed by atoms with Gasteiger partial charge in [0.2, 0.25) is 0 Å². The van der Waals surface area contributed by atoms with Crippen molar-refractivity contribution in [2.45, 2.75) is 37.4 Å². The van der Waals surface area contributed by atoms with Crippen molar-refractivity contribution in [1.82, 2.24) is 0 Å². The topological polar surface area (TPSA) is 18.5 Å². The van der Waals surface area contributed by atoms with Crippen molar-refractivity contribution in [3.05, 3.63) is 27.7 Å². The molecule has 0 radical (unpaired) electrons. The fraction of sp³-hybridized carbons (Fsp3) is 0.538. The summed E-state index contributed by atoms with van der Waals surface area (Å²) in [6.07, 6.45) is 1.80. The maximum absolute atomic E-state index is 6.14. The Hall–Kier alpha value is 0.0400. The van der Waals surface area contributed by atoms with Crippen LogP contribution in [0.3, 0.4) is 0 Å². The molecule has 3 unspecified atom stereocenters. The van der Waals surface area contributed by atoms with E-state index < -0.39 is 0 Å². The lowest BCUT2D eigenvalue weighted by Crippen LogP contribution is -2.52. The Balaban J connectivity index is 1.96. The molecule has 1 aromatic carbocycles. The van der Waals surface area contributed by atoms with Crippen LogP contribution in [0, 0.1) is 0 Å². The van der Waals surface area contributed by atoms with Gasteiger partial charge in [0.05, 0.1) is 9.85 Å². The van der Waals surface area contributed by atoms with Crippen molar-refractivity contribution < 1.29 is 9.47 Å². The number of ether oxygens (including phenoxy) is 2. The molecule has 2 nitrogen and oxygen atoms in total. The number of rotatable bonds is 5. The third-order valence-electron chi connectivity index (χ3n) is 2.87. The van der Waals surface area contributed by atoms with E-state index in [-0.39, 0.29) is 17.6 Å².